The molecule has 1 unspecified atom stereocenters. The Labute approximate surface area is 111 Å². The van der Waals surface area contributed by atoms with Crippen molar-refractivity contribution in [3.05, 3.63) is 0 Å². The molecule has 0 aromatic heterocycles. The molecule has 0 aliphatic carbocycles. The Morgan fingerprint density at radius 3 is 2.61 bits per heavy atom. The lowest BCUT2D eigenvalue weighted by molar-refractivity contribution is -0.142. The van der Waals surface area contributed by atoms with Crippen LogP contribution in [0.1, 0.15) is 0 Å². The number of hydrogen-bond acceptors (Lipinski definition) is 6. The van der Waals surface area contributed by atoms with Gasteiger partial charge in [-0.15, -0.1) is 11.8 Å². The van der Waals surface area contributed by atoms with Gasteiger partial charge in [0.1, 0.15) is 0 Å². The summed E-state index contributed by atoms with van der Waals surface area (Å²) in [6, 6.07) is -0.0258. The molecule has 102 valence electrons. The zero-order chi connectivity index (χ0) is 13.0. The highest BCUT2D eigenvalue weighted by Gasteiger charge is 2.29. The molecule has 1 amide bonds. The minimum Gasteiger partial charge on any atom is -0.468 e. The average Bonchev–Trinajstić information content (AvgIpc) is 2.92. The first-order valence-corrected chi connectivity index (χ1v) is 7.25. The summed E-state index contributed by atoms with van der Waals surface area (Å²) in [6.45, 7) is 3.18. The molecule has 6 nitrogen and oxygen atoms in total. The third-order valence-electron chi connectivity index (χ3n) is 3.28. The third kappa shape index (κ3) is 3.37. The van der Waals surface area contributed by atoms with E-state index >= 15 is 0 Å². The fraction of sp³-hybridized carbons (Fsp3) is 0.818. The van der Waals surface area contributed by atoms with E-state index in [9.17, 15) is 9.59 Å². The van der Waals surface area contributed by atoms with Crippen molar-refractivity contribution in [1.29, 1.82) is 0 Å². The maximum atomic E-state index is 12.1. The fourth-order valence-electron chi connectivity index (χ4n) is 2.15. The molecule has 2 aliphatic heterocycles. The summed E-state index contributed by atoms with van der Waals surface area (Å²) >= 11 is 1.76. The Balaban J connectivity index is 1.75. The van der Waals surface area contributed by atoms with E-state index in [4.69, 9.17) is 0 Å². The van der Waals surface area contributed by atoms with E-state index in [2.05, 4.69) is 10.1 Å². The first-order valence-electron chi connectivity index (χ1n) is 6.10. The average molecular weight is 273 g/mol. The van der Waals surface area contributed by atoms with Crippen molar-refractivity contribution in [3.8, 4) is 0 Å². The number of thioether (sulfide) groups is 1. The van der Waals surface area contributed by atoms with E-state index in [0.29, 0.717) is 19.6 Å². The quantitative estimate of drug-likeness (QED) is 0.663. The highest BCUT2D eigenvalue weighted by atomic mass is 32.2. The van der Waals surface area contributed by atoms with Crippen molar-refractivity contribution in [3.63, 3.8) is 0 Å². The minimum atomic E-state index is -0.219. The van der Waals surface area contributed by atoms with Gasteiger partial charge in [-0.25, -0.2) is 0 Å². The van der Waals surface area contributed by atoms with E-state index in [-0.39, 0.29) is 17.9 Å². The fourth-order valence-corrected chi connectivity index (χ4v) is 3.08. The Kier molecular flexibility index (Phi) is 4.85. The van der Waals surface area contributed by atoms with Gasteiger partial charge >= 0.3 is 5.97 Å². The van der Waals surface area contributed by atoms with Crippen molar-refractivity contribution < 1.29 is 14.3 Å². The molecule has 2 heterocycles. The topological polar surface area (TPSA) is 61.9 Å². The van der Waals surface area contributed by atoms with Gasteiger partial charge in [0.2, 0.25) is 5.91 Å². The van der Waals surface area contributed by atoms with Gasteiger partial charge in [-0.3, -0.25) is 19.8 Å². The lowest BCUT2D eigenvalue weighted by Crippen LogP contribution is -2.54. The summed E-state index contributed by atoms with van der Waals surface area (Å²) in [6.07, 6.45) is 0. The van der Waals surface area contributed by atoms with Crippen LogP contribution in [0.3, 0.4) is 0 Å². The highest BCUT2D eigenvalue weighted by molar-refractivity contribution is 7.99. The van der Waals surface area contributed by atoms with E-state index in [1.807, 2.05) is 9.80 Å². The molecule has 0 aromatic rings. The second kappa shape index (κ2) is 6.40. The first-order chi connectivity index (χ1) is 8.70. The maximum Gasteiger partial charge on any atom is 0.319 e. The van der Waals surface area contributed by atoms with Crippen molar-refractivity contribution >= 4 is 23.6 Å². The van der Waals surface area contributed by atoms with Gasteiger partial charge in [0.25, 0.3) is 0 Å². The number of hydrogen-bond donors (Lipinski definition) is 1. The van der Waals surface area contributed by atoms with Crippen LogP contribution in [0.25, 0.3) is 0 Å². The summed E-state index contributed by atoms with van der Waals surface area (Å²) in [7, 11) is 1.39. The molecular formula is C11H19N3O3S. The van der Waals surface area contributed by atoms with Gasteiger partial charge in [-0.05, 0) is 0 Å². The highest BCUT2D eigenvalue weighted by Crippen LogP contribution is 2.13. The Morgan fingerprint density at radius 1 is 1.33 bits per heavy atom. The predicted octanol–water partition coefficient (Wildman–Crippen LogP) is -1.03. The molecule has 0 bridgehead atoms. The van der Waals surface area contributed by atoms with Crippen molar-refractivity contribution in [2.75, 3.05) is 51.5 Å². The molecular weight excluding hydrogens is 254 g/mol. The Morgan fingerprint density at radius 2 is 2.06 bits per heavy atom. The number of nitrogens with zero attached hydrogens (tertiary/aromatic N) is 2. The smallest absolute Gasteiger partial charge is 0.319 e. The van der Waals surface area contributed by atoms with Crippen LogP contribution < -0.4 is 5.32 Å². The van der Waals surface area contributed by atoms with Crippen LogP contribution in [0.15, 0.2) is 0 Å². The van der Waals surface area contributed by atoms with Crippen LogP contribution in [0.5, 0.6) is 0 Å². The molecule has 0 spiro atoms. The van der Waals surface area contributed by atoms with Crippen LogP contribution in [-0.4, -0.2) is 79.2 Å². The number of esters is 1. The monoisotopic (exact) mass is 273 g/mol. The van der Waals surface area contributed by atoms with Gasteiger partial charge in [-0.1, -0.05) is 0 Å². The van der Waals surface area contributed by atoms with Crippen molar-refractivity contribution in [1.82, 2.24) is 15.1 Å². The van der Waals surface area contributed by atoms with Gasteiger partial charge < -0.3 is 9.64 Å². The number of carbonyl (C=O) groups is 2. The summed E-state index contributed by atoms with van der Waals surface area (Å²) in [5.41, 5.74) is 0. The van der Waals surface area contributed by atoms with Gasteiger partial charge in [-0.2, -0.15) is 0 Å². The van der Waals surface area contributed by atoms with Crippen molar-refractivity contribution in [2.24, 2.45) is 0 Å². The van der Waals surface area contributed by atoms with Crippen LogP contribution in [0.4, 0.5) is 0 Å². The predicted molar refractivity (Wildman–Crippen MR) is 69.3 cm³/mol. The van der Waals surface area contributed by atoms with Gasteiger partial charge in [0.15, 0.2) is 0 Å². The molecule has 2 fully saturated rings. The van der Waals surface area contributed by atoms with E-state index in [1.165, 1.54) is 7.11 Å². The second-order valence-corrected chi connectivity index (χ2v) is 5.48. The van der Waals surface area contributed by atoms with E-state index < -0.39 is 0 Å². The summed E-state index contributed by atoms with van der Waals surface area (Å²) in [5.74, 6) is 1.70. The lowest BCUT2D eigenvalue weighted by Gasteiger charge is -2.35. The zero-order valence-electron chi connectivity index (χ0n) is 10.6. The molecule has 0 radical (unpaired) electrons. The second-order valence-electron chi connectivity index (χ2n) is 4.45. The van der Waals surface area contributed by atoms with Crippen LogP contribution in [0.2, 0.25) is 0 Å². The molecule has 0 saturated carbocycles. The maximum absolute atomic E-state index is 12.1. The summed E-state index contributed by atoms with van der Waals surface area (Å²) in [4.78, 5) is 27.2. The number of ether oxygens (including phenoxy) is 1. The number of piperazine rings is 1. The first kappa shape index (κ1) is 13.6. The number of amides is 1. The number of nitrogens with one attached hydrogen (secondary N) is 1. The normalized spacial score (nSPS) is 25.2. The molecule has 1 atom stereocenters. The zero-order valence-corrected chi connectivity index (χ0v) is 11.4. The van der Waals surface area contributed by atoms with Crippen LogP contribution >= 0.6 is 11.8 Å². The largest absolute Gasteiger partial charge is 0.468 e. The number of carbonyl (C=O) groups excluding carboxylic acids is 2. The molecule has 0 aromatic carbocycles. The Bertz CT molecular complexity index is 313. The molecule has 7 heteroatoms. The van der Waals surface area contributed by atoms with Crippen LogP contribution in [0, 0.1) is 0 Å². The number of methoxy groups -OCH3 is 1. The van der Waals surface area contributed by atoms with E-state index in [0.717, 1.165) is 24.7 Å². The minimum absolute atomic E-state index is 0.0258. The van der Waals surface area contributed by atoms with Crippen molar-refractivity contribution in [2.45, 2.75) is 6.04 Å². The summed E-state index contributed by atoms with van der Waals surface area (Å²) in [5, 5.41) is 3.19. The number of rotatable bonds is 3. The molecule has 2 aliphatic rings. The standard InChI is InChI=1S/C11H19N3O3S/c1-17-10(15)6-13-2-4-14(5-3-13)11(16)9-7-18-8-12-9/h9,12H,2-8H2,1H3. The molecule has 2 rings (SSSR count). The van der Waals surface area contributed by atoms with Crippen LogP contribution in [-0.2, 0) is 14.3 Å². The molecule has 2 saturated heterocycles. The molecule has 18 heavy (non-hydrogen) atoms. The summed E-state index contributed by atoms with van der Waals surface area (Å²) < 4.78 is 4.63. The van der Waals surface area contributed by atoms with Gasteiger partial charge in [0.05, 0.1) is 19.7 Å². The van der Waals surface area contributed by atoms with Gasteiger partial charge in [0, 0.05) is 37.8 Å². The third-order valence-corrected chi connectivity index (χ3v) is 4.22. The Hall–Kier alpha value is -0.790. The van der Waals surface area contributed by atoms with E-state index in [1.54, 1.807) is 11.8 Å². The SMILES string of the molecule is COC(=O)CN1CCN(C(=O)C2CSCN2)CC1. The lowest BCUT2D eigenvalue weighted by atomic mass is 10.2. The molecule has 1 N–H and O–H groups in total.